The highest BCUT2D eigenvalue weighted by atomic mass is 32.1. The minimum atomic E-state index is 0.00113. The summed E-state index contributed by atoms with van der Waals surface area (Å²) in [5.74, 6) is 1.61. The highest BCUT2D eigenvalue weighted by molar-refractivity contribution is 7.15. The first-order valence-corrected chi connectivity index (χ1v) is 9.91. The fourth-order valence-electron chi connectivity index (χ4n) is 2.91. The van der Waals surface area contributed by atoms with Crippen molar-refractivity contribution in [2.24, 2.45) is 0 Å². The molecule has 3 aromatic rings. The predicted molar refractivity (Wildman–Crippen MR) is 112 cm³/mol. The van der Waals surface area contributed by atoms with Gasteiger partial charge in [0.15, 0.2) is 0 Å². The highest BCUT2D eigenvalue weighted by Crippen LogP contribution is 2.34. The lowest BCUT2D eigenvalue weighted by Crippen LogP contribution is -2.27. The van der Waals surface area contributed by atoms with Crippen LogP contribution in [0.5, 0.6) is 11.5 Å². The number of nitrogens with zero attached hydrogens (tertiary/aromatic N) is 1. The molecule has 0 saturated carbocycles. The average molecular weight is 397 g/mol. The van der Waals surface area contributed by atoms with Crippen LogP contribution in [-0.4, -0.2) is 31.7 Å². The van der Waals surface area contributed by atoms with Crippen LogP contribution in [0, 0.1) is 6.92 Å². The van der Waals surface area contributed by atoms with Gasteiger partial charge in [0.05, 0.1) is 31.9 Å². The molecule has 0 aliphatic carbocycles. The molecule has 0 unspecified atom stereocenters. The third-order valence-corrected chi connectivity index (χ3v) is 5.61. The van der Waals surface area contributed by atoms with Gasteiger partial charge >= 0.3 is 0 Å². The third-order valence-electron chi connectivity index (χ3n) is 4.42. The van der Waals surface area contributed by atoms with Gasteiger partial charge in [-0.25, -0.2) is 4.98 Å². The molecular weight excluding hydrogens is 372 g/mol. The monoisotopic (exact) mass is 396 g/mol. The minimum Gasteiger partial charge on any atom is -0.497 e. The van der Waals surface area contributed by atoms with E-state index in [-0.39, 0.29) is 5.91 Å². The summed E-state index contributed by atoms with van der Waals surface area (Å²) in [6.07, 6.45) is 1.09. The van der Waals surface area contributed by atoms with Gasteiger partial charge in [0.2, 0.25) is 5.91 Å². The Hall–Kier alpha value is -2.86. The van der Waals surface area contributed by atoms with Crippen LogP contribution in [0.4, 0.5) is 0 Å². The van der Waals surface area contributed by atoms with Crippen LogP contribution in [0.15, 0.2) is 48.5 Å². The number of carbonyl (C=O) groups is 1. The normalized spacial score (nSPS) is 10.5. The van der Waals surface area contributed by atoms with Crippen molar-refractivity contribution < 1.29 is 14.3 Å². The van der Waals surface area contributed by atoms with E-state index >= 15 is 0 Å². The maximum absolute atomic E-state index is 12.4. The Labute approximate surface area is 169 Å². The molecule has 0 aliphatic rings. The Morgan fingerprint density at radius 1 is 1.11 bits per heavy atom. The van der Waals surface area contributed by atoms with Crippen LogP contribution in [0.1, 0.15) is 16.1 Å². The van der Waals surface area contributed by atoms with Crippen LogP contribution in [0.2, 0.25) is 0 Å². The lowest BCUT2D eigenvalue weighted by molar-refractivity contribution is -0.120. The van der Waals surface area contributed by atoms with Crippen molar-refractivity contribution in [1.29, 1.82) is 0 Å². The molecule has 1 aromatic heterocycles. The lowest BCUT2D eigenvalue weighted by atomic mass is 10.1. The minimum absolute atomic E-state index is 0.00113. The van der Waals surface area contributed by atoms with Gasteiger partial charge in [-0.1, -0.05) is 24.3 Å². The maximum Gasteiger partial charge on any atom is 0.225 e. The number of aromatic nitrogens is 1. The zero-order chi connectivity index (χ0) is 19.9. The van der Waals surface area contributed by atoms with Crippen LogP contribution >= 0.6 is 11.3 Å². The number of methoxy groups -OCH3 is 2. The van der Waals surface area contributed by atoms with Crippen molar-refractivity contribution in [3.8, 4) is 22.1 Å². The molecule has 0 saturated heterocycles. The van der Waals surface area contributed by atoms with Gasteiger partial charge in [-0.05, 0) is 43.2 Å². The Morgan fingerprint density at radius 2 is 1.93 bits per heavy atom. The number of ether oxygens (including phenoxy) is 2. The Morgan fingerprint density at radius 3 is 2.71 bits per heavy atom. The van der Waals surface area contributed by atoms with Gasteiger partial charge in [-0.15, -0.1) is 11.3 Å². The molecule has 3 rings (SSSR count). The van der Waals surface area contributed by atoms with E-state index < -0.39 is 0 Å². The van der Waals surface area contributed by atoms with Gasteiger partial charge < -0.3 is 14.8 Å². The number of nitrogens with one attached hydrogen (secondary N) is 1. The number of para-hydroxylation sites is 1. The predicted octanol–water partition coefficient (Wildman–Crippen LogP) is 4.04. The zero-order valence-corrected chi connectivity index (χ0v) is 17.1. The first kappa shape index (κ1) is 19.9. The summed E-state index contributed by atoms with van der Waals surface area (Å²) in [5.41, 5.74) is 2.96. The topological polar surface area (TPSA) is 60.5 Å². The number of aryl methyl sites for hydroxylation is 1. The molecule has 0 aliphatic heterocycles. The van der Waals surface area contributed by atoms with Crippen molar-refractivity contribution >= 4 is 17.2 Å². The van der Waals surface area contributed by atoms with Gasteiger partial charge in [-0.2, -0.15) is 0 Å². The molecule has 146 valence electrons. The second kappa shape index (κ2) is 9.37. The fourth-order valence-corrected chi connectivity index (χ4v) is 4.00. The van der Waals surface area contributed by atoms with Crippen LogP contribution in [-0.2, 0) is 17.6 Å². The standard InChI is InChI=1S/C22H24N2O3S/c1-15-20(28-22(24-15)18-9-4-5-10-19(18)27-3)14-21(25)23-12-11-16-7-6-8-17(13-16)26-2/h4-10,13H,11-12,14H2,1-3H3,(H,23,25). The smallest absolute Gasteiger partial charge is 0.225 e. The lowest BCUT2D eigenvalue weighted by Gasteiger charge is -2.06. The molecule has 1 N–H and O–H groups in total. The van der Waals surface area contributed by atoms with Gasteiger partial charge in [0.25, 0.3) is 0 Å². The molecule has 5 nitrogen and oxygen atoms in total. The molecule has 0 atom stereocenters. The molecule has 0 radical (unpaired) electrons. The van der Waals surface area contributed by atoms with Crippen molar-refractivity contribution in [3.63, 3.8) is 0 Å². The van der Waals surface area contributed by atoms with Crippen LogP contribution < -0.4 is 14.8 Å². The summed E-state index contributed by atoms with van der Waals surface area (Å²) >= 11 is 1.54. The number of hydrogen-bond donors (Lipinski definition) is 1. The van der Waals surface area contributed by atoms with Crippen LogP contribution in [0.25, 0.3) is 10.6 Å². The number of hydrogen-bond acceptors (Lipinski definition) is 5. The summed E-state index contributed by atoms with van der Waals surface area (Å²) in [4.78, 5) is 18.0. The highest BCUT2D eigenvalue weighted by Gasteiger charge is 2.15. The van der Waals surface area contributed by atoms with Crippen molar-refractivity contribution in [2.45, 2.75) is 19.8 Å². The maximum atomic E-state index is 12.4. The fraction of sp³-hybridized carbons (Fsp3) is 0.273. The molecule has 1 heterocycles. The zero-order valence-electron chi connectivity index (χ0n) is 16.3. The van der Waals surface area contributed by atoms with Gasteiger partial charge in [0, 0.05) is 11.4 Å². The first-order valence-electron chi connectivity index (χ1n) is 9.10. The van der Waals surface area contributed by atoms with E-state index in [2.05, 4.69) is 10.3 Å². The van der Waals surface area contributed by atoms with Crippen LogP contribution in [0.3, 0.4) is 0 Å². The largest absolute Gasteiger partial charge is 0.497 e. The number of thiazole rings is 1. The number of rotatable bonds is 8. The molecule has 28 heavy (non-hydrogen) atoms. The van der Waals surface area contributed by atoms with E-state index in [9.17, 15) is 4.79 Å². The summed E-state index contributed by atoms with van der Waals surface area (Å²) in [5, 5.41) is 3.86. The number of amides is 1. The second-order valence-electron chi connectivity index (χ2n) is 6.36. The number of benzene rings is 2. The van der Waals surface area contributed by atoms with E-state index in [1.54, 1.807) is 14.2 Å². The first-order chi connectivity index (χ1) is 13.6. The molecule has 2 aromatic carbocycles. The van der Waals surface area contributed by atoms with Crippen molar-refractivity contribution in [1.82, 2.24) is 10.3 Å². The molecule has 0 spiro atoms. The molecule has 0 bridgehead atoms. The van der Waals surface area contributed by atoms with Gasteiger partial charge in [-0.3, -0.25) is 4.79 Å². The molecule has 6 heteroatoms. The quantitative estimate of drug-likeness (QED) is 0.624. The Bertz CT molecular complexity index is 952. The Kier molecular flexibility index (Phi) is 6.66. The molecule has 0 fully saturated rings. The number of carbonyl (C=O) groups excluding carboxylic acids is 1. The summed E-state index contributed by atoms with van der Waals surface area (Å²) in [6, 6.07) is 15.7. The van der Waals surface area contributed by atoms with E-state index in [0.717, 1.165) is 44.6 Å². The Balaban J connectivity index is 1.59. The van der Waals surface area contributed by atoms with E-state index in [1.807, 2.05) is 55.5 Å². The van der Waals surface area contributed by atoms with E-state index in [0.29, 0.717) is 13.0 Å². The summed E-state index contributed by atoms with van der Waals surface area (Å²) in [6.45, 7) is 2.53. The SMILES string of the molecule is COc1cccc(CCNC(=O)Cc2sc(-c3ccccc3OC)nc2C)c1. The third kappa shape index (κ3) is 4.89. The van der Waals surface area contributed by atoms with Gasteiger partial charge in [0.1, 0.15) is 16.5 Å². The second-order valence-corrected chi connectivity index (χ2v) is 7.44. The van der Waals surface area contributed by atoms with Crippen molar-refractivity contribution in [2.75, 3.05) is 20.8 Å². The summed E-state index contributed by atoms with van der Waals surface area (Å²) < 4.78 is 10.6. The molecular formula is C22H24N2O3S. The van der Waals surface area contributed by atoms with Crippen molar-refractivity contribution in [3.05, 3.63) is 64.7 Å². The van der Waals surface area contributed by atoms with E-state index in [1.165, 1.54) is 11.3 Å². The average Bonchev–Trinajstić information content (AvgIpc) is 3.08. The summed E-state index contributed by atoms with van der Waals surface area (Å²) in [7, 11) is 3.30. The van der Waals surface area contributed by atoms with E-state index in [4.69, 9.17) is 9.47 Å². The molecule has 1 amide bonds.